The average molecular weight is 337 g/mol. The van der Waals surface area contributed by atoms with Crippen LogP contribution in [0.2, 0.25) is 0 Å². The summed E-state index contributed by atoms with van der Waals surface area (Å²) in [6, 6.07) is 10.4. The van der Waals surface area contributed by atoms with E-state index in [0.29, 0.717) is 24.3 Å². The van der Waals surface area contributed by atoms with Gasteiger partial charge in [-0.15, -0.1) is 15.3 Å². The molecule has 0 atom stereocenters. The van der Waals surface area contributed by atoms with Crippen molar-refractivity contribution >= 4 is 17.2 Å². The van der Waals surface area contributed by atoms with E-state index in [1.807, 2.05) is 30.0 Å². The number of anilines is 2. The summed E-state index contributed by atoms with van der Waals surface area (Å²) in [4.78, 5) is 4.16. The molecule has 8 heteroatoms. The van der Waals surface area contributed by atoms with E-state index >= 15 is 0 Å². The van der Waals surface area contributed by atoms with Crippen LogP contribution in [0.1, 0.15) is 11.4 Å². The summed E-state index contributed by atoms with van der Waals surface area (Å²) in [6.07, 6.45) is 0. The van der Waals surface area contributed by atoms with E-state index in [0.717, 1.165) is 30.4 Å². The standard InChI is InChI=1S/C17H16FN7/c1-12-20-21-16-4-5-17(22-25(12)16)24-8-6-23(7-9-24)15-3-2-13(11-19)10-14(15)18/h2-5,10H,6-9H2,1H3. The number of piperazine rings is 1. The minimum atomic E-state index is -0.354. The second-order valence-electron chi connectivity index (χ2n) is 5.96. The summed E-state index contributed by atoms with van der Waals surface area (Å²) >= 11 is 0. The molecule has 3 heterocycles. The molecule has 0 radical (unpaired) electrons. The molecule has 126 valence electrons. The van der Waals surface area contributed by atoms with E-state index < -0.39 is 0 Å². The highest BCUT2D eigenvalue weighted by Gasteiger charge is 2.21. The zero-order valence-electron chi connectivity index (χ0n) is 13.7. The van der Waals surface area contributed by atoms with Crippen molar-refractivity contribution < 1.29 is 4.39 Å². The highest BCUT2D eigenvalue weighted by atomic mass is 19.1. The van der Waals surface area contributed by atoms with E-state index in [4.69, 9.17) is 5.26 Å². The van der Waals surface area contributed by atoms with Crippen LogP contribution in [0, 0.1) is 24.1 Å². The van der Waals surface area contributed by atoms with Crippen molar-refractivity contribution in [3.63, 3.8) is 0 Å². The monoisotopic (exact) mass is 337 g/mol. The third-order valence-corrected chi connectivity index (χ3v) is 4.43. The third-order valence-electron chi connectivity index (χ3n) is 4.43. The van der Waals surface area contributed by atoms with Crippen molar-refractivity contribution in [2.75, 3.05) is 36.0 Å². The van der Waals surface area contributed by atoms with Gasteiger partial charge in [0, 0.05) is 26.2 Å². The molecule has 0 bridgehead atoms. The summed E-state index contributed by atoms with van der Waals surface area (Å²) in [7, 11) is 0. The van der Waals surface area contributed by atoms with Gasteiger partial charge in [-0.25, -0.2) is 4.39 Å². The maximum absolute atomic E-state index is 14.2. The zero-order valence-corrected chi connectivity index (χ0v) is 13.7. The van der Waals surface area contributed by atoms with Crippen LogP contribution in [-0.4, -0.2) is 46.0 Å². The molecule has 1 aliphatic heterocycles. The molecular formula is C17H16FN7. The molecule has 0 N–H and O–H groups in total. The van der Waals surface area contributed by atoms with Crippen LogP contribution in [0.5, 0.6) is 0 Å². The van der Waals surface area contributed by atoms with Crippen LogP contribution in [0.3, 0.4) is 0 Å². The van der Waals surface area contributed by atoms with Crippen molar-refractivity contribution in [3.05, 3.63) is 47.5 Å². The van der Waals surface area contributed by atoms with Crippen LogP contribution >= 0.6 is 0 Å². The molecule has 0 unspecified atom stereocenters. The van der Waals surface area contributed by atoms with Crippen molar-refractivity contribution in [1.29, 1.82) is 5.26 Å². The lowest BCUT2D eigenvalue weighted by Gasteiger charge is -2.36. The average Bonchev–Trinajstić information content (AvgIpc) is 3.02. The molecule has 2 aromatic heterocycles. The van der Waals surface area contributed by atoms with E-state index in [9.17, 15) is 4.39 Å². The molecule has 1 aromatic carbocycles. The predicted molar refractivity (Wildman–Crippen MR) is 91.1 cm³/mol. The van der Waals surface area contributed by atoms with Gasteiger partial charge in [-0.2, -0.15) is 9.78 Å². The minimum Gasteiger partial charge on any atom is -0.366 e. The number of hydrogen-bond donors (Lipinski definition) is 0. The van der Waals surface area contributed by atoms with Gasteiger partial charge in [0.25, 0.3) is 0 Å². The number of aromatic nitrogens is 4. The predicted octanol–water partition coefficient (Wildman–Crippen LogP) is 1.77. The summed E-state index contributed by atoms with van der Waals surface area (Å²) in [5, 5.41) is 21.5. The lowest BCUT2D eigenvalue weighted by atomic mass is 10.2. The lowest BCUT2D eigenvalue weighted by Crippen LogP contribution is -2.47. The Morgan fingerprint density at radius 2 is 1.80 bits per heavy atom. The second kappa shape index (κ2) is 6.02. The Morgan fingerprint density at radius 3 is 2.52 bits per heavy atom. The number of nitrogens with zero attached hydrogens (tertiary/aromatic N) is 7. The molecule has 3 aromatic rings. The third kappa shape index (κ3) is 2.74. The van der Waals surface area contributed by atoms with Gasteiger partial charge in [-0.3, -0.25) is 0 Å². The number of fused-ring (bicyclic) bond motifs is 1. The topological polar surface area (TPSA) is 73.3 Å². The largest absolute Gasteiger partial charge is 0.366 e. The quantitative estimate of drug-likeness (QED) is 0.710. The first-order chi connectivity index (χ1) is 12.2. The summed E-state index contributed by atoms with van der Waals surface area (Å²) < 4.78 is 15.9. The van der Waals surface area contributed by atoms with Crippen LogP contribution in [0.4, 0.5) is 15.9 Å². The normalized spacial score (nSPS) is 14.8. The number of nitriles is 1. The van der Waals surface area contributed by atoms with Crippen molar-refractivity contribution in [2.24, 2.45) is 0 Å². The summed E-state index contributed by atoms with van der Waals surface area (Å²) in [5.74, 6) is 1.25. The number of rotatable bonds is 2. The van der Waals surface area contributed by atoms with Gasteiger partial charge in [-0.1, -0.05) is 0 Å². The SMILES string of the molecule is Cc1nnc2ccc(N3CCN(c4ccc(C#N)cc4F)CC3)nn12. The van der Waals surface area contributed by atoms with Crippen molar-refractivity contribution in [2.45, 2.75) is 6.92 Å². The van der Waals surface area contributed by atoms with Gasteiger partial charge in [0.15, 0.2) is 11.5 Å². The smallest absolute Gasteiger partial charge is 0.178 e. The van der Waals surface area contributed by atoms with E-state index in [1.165, 1.54) is 6.07 Å². The van der Waals surface area contributed by atoms with E-state index in [2.05, 4.69) is 20.2 Å². The van der Waals surface area contributed by atoms with E-state index in [1.54, 1.807) is 16.6 Å². The van der Waals surface area contributed by atoms with Gasteiger partial charge in [-0.05, 0) is 37.3 Å². The highest BCUT2D eigenvalue weighted by Crippen LogP contribution is 2.23. The number of aryl methyl sites for hydroxylation is 1. The Labute approximate surface area is 143 Å². The fourth-order valence-corrected chi connectivity index (χ4v) is 3.06. The Bertz CT molecular complexity index is 967. The van der Waals surface area contributed by atoms with Crippen LogP contribution < -0.4 is 9.80 Å². The second-order valence-corrected chi connectivity index (χ2v) is 5.96. The van der Waals surface area contributed by atoms with Crippen LogP contribution in [0.25, 0.3) is 5.65 Å². The Balaban J connectivity index is 1.51. The molecule has 7 nitrogen and oxygen atoms in total. The fraction of sp³-hybridized carbons (Fsp3) is 0.294. The summed E-state index contributed by atoms with van der Waals surface area (Å²) in [5.41, 5.74) is 1.60. The molecule has 0 spiro atoms. The molecular weight excluding hydrogens is 321 g/mol. The fourth-order valence-electron chi connectivity index (χ4n) is 3.06. The van der Waals surface area contributed by atoms with Gasteiger partial charge in [0.2, 0.25) is 0 Å². The van der Waals surface area contributed by atoms with Crippen molar-refractivity contribution in [3.8, 4) is 6.07 Å². The molecule has 4 rings (SSSR count). The summed E-state index contributed by atoms with van der Waals surface area (Å²) in [6.45, 7) is 4.70. The number of halogens is 1. The van der Waals surface area contributed by atoms with Gasteiger partial charge in [0.05, 0.1) is 17.3 Å². The van der Waals surface area contributed by atoms with Gasteiger partial charge < -0.3 is 9.80 Å². The molecule has 1 aliphatic rings. The zero-order chi connectivity index (χ0) is 17.4. The van der Waals surface area contributed by atoms with Gasteiger partial charge >= 0.3 is 0 Å². The first-order valence-corrected chi connectivity index (χ1v) is 8.04. The maximum atomic E-state index is 14.2. The molecule has 0 amide bonds. The van der Waals surface area contributed by atoms with Crippen LogP contribution in [-0.2, 0) is 0 Å². The highest BCUT2D eigenvalue weighted by molar-refractivity contribution is 5.53. The maximum Gasteiger partial charge on any atom is 0.178 e. The molecule has 1 fully saturated rings. The lowest BCUT2D eigenvalue weighted by molar-refractivity contribution is 0.594. The first-order valence-electron chi connectivity index (χ1n) is 8.04. The van der Waals surface area contributed by atoms with E-state index in [-0.39, 0.29) is 5.82 Å². The first kappa shape index (κ1) is 15.3. The Morgan fingerprint density at radius 1 is 1.04 bits per heavy atom. The van der Waals surface area contributed by atoms with Crippen molar-refractivity contribution in [1.82, 2.24) is 19.8 Å². The molecule has 0 aliphatic carbocycles. The molecule has 0 saturated carbocycles. The Kier molecular flexibility index (Phi) is 3.69. The Hall–Kier alpha value is -3.21. The number of benzene rings is 1. The van der Waals surface area contributed by atoms with Gasteiger partial charge in [0.1, 0.15) is 11.6 Å². The number of hydrogen-bond acceptors (Lipinski definition) is 6. The molecule has 25 heavy (non-hydrogen) atoms. The molecule has 1 saturated heterocycles. The van der Waals surface area contributed by atoms with Crippen LogP contribution in [0.15, 0.2) is 30.3 Å². The minimum absolute atomic E-state index is 0.335.